The number of hydrogen-bond acceptors (Lipinski definition) is 7. The van der Waals surface area contributed by atoms with Crippen molar-refractivity contribution in [1.29, 1.82) is 0 Å². The number of amides is 1. The number of fused-ring (bicyclic) bond motifs is 1. The molecule has 0 atom stereocenters. The number of carbonyl (C=O) groups excluding carboxylic acids is 1. The highest BCUT2D eigenvalue weighted by molar-refractivity contribution is 7.99. The highest BCUT2D eigenvalue weighted by Crippen LogP contribution is 2.33. The summed E-state index contributed by atoms with van der Waals surface area (Å²) in [7, 11) is 0. The van der Waals surface area contributed by atoms with E-state index in [-0.39, 0.29) is 18.7 Å². The predicted octanol–water partition coefficient (Wildman–Crippen LogP) is 4.21. The Morgan fingerprint density at radius 2 is 1.93 bits per heavy atom. The van der Waals surface area contributed by atoms with E-state index in [1.807, 2.05) is 18.2 Å². The first-order valence-corrected chi connectivity index (χ1v) is 10.3. The van der Waals surface area contributed by atoms with Crippen molar-refractivity contribution in [3.63, 3.8) is 0 Å². The van der Waals surface area contributed by atoms with Gasteiger partial charge in [-0.15, -0.1) is 16.9 Å². The maximum absolute atomic E-state index is 12.1. The van der Waals surface area contributed by atoms with Gasteiger partial charge < -0.3 is 13.9 Å². The molecule has 2 aromatic carbocycles. The van der Waals surface area contributed by atoms with Crippen molar-refractivity contribution in [3.8, 4) is 11.5 Å². The molecular weight excluding hydrogens is 390 g/mol. The third-order valence-electron chi connectivity index (χ3n) is 4.34. The SMILES string of the molecule is Cc1ccc(SCCCC(=O)Nc2nnc(Cc3ccc4c(c3)OCO4)o2)cc1. The van der Waals surface area contributed by atoms with Crippen molar-refractivity contribution in [1.82, 2.24) is 10.2 Å². The fourth-order valence-corrected chi connectivity index (χ4v) is 3.69. The van der Waals surface area contributed by atoms with Crippen LogP contribution in [-0.2, 0) is 11.2 Å². The third-order valence-corrected chi connectivity index (χ3v) is 5.44. The van der Waals surface area contributed by atoms with Crippen molar-refractivity contribution in [2.24, 2.45) is 0 Å². The van der Waals surface area contributed by atoms with Crippen LogP contribution >= 0.6 is 11.8 Å². The molecule has 0 saturated carbocycles. The van der Waals surface area contributed by atoms with Crippen molar-refractivity contribution in [3.05, 3.63) is 59.5 Å². The third kappa shape index (κ3) is 5.29. The summed E-state index contributed by atoms with van der Waals surface area (Å²) in [5.41, 5.74) is 2.20. The number of anilines is 1. The molecule has 0 bridgehead atoms. The summed E-state index contributed by atoms with van der Waals surface area (Å²) in [5, 5.41) is 10.6. The summed E-state index contributed by atoms with van der Waals surface area (Å²) in [6, 6.07) is 14.2. The van der Waals surface area contributed by atoms with Crippen molar-refractivity contribution in [2.45, 2.75) is 31.1 Å². The molecule has 0 fully saturated rings. The average Bonchev–Trinajstić information content (AvgIpc) is 3.35. The minimum absolute atomic E-state index is 0.122. The Balaban J connectivity index is 1.21. The second kappa shape index (κ2) is 9.00. The molecule has 150 valence electrons. The predicted molar refractivity (Wildman–Crippen MR) is 109 cm³/mol. The molecule has 29 heavy (non-hydrogen) atoms. The molecule has 1 amide bonds. The lowest BCUT2D eigenvalue weighted by molar-refractivity contribution is -0.116. The van der Waals surface area contributed by atoms with E-state index < -0.39 is 0 Å². The summed E-state index contributed by atoms with van der Waals surface area (Å²) in [5.74, 6) is 2.60. The summed E-state index contributed by atoms with van der Waals surface area (Å²) in [4.78, 5) is 13.3. The summed E-state index contributed by atoms with van der Waals surface area (Å²) >= 11 is 1.74. The number of rotatable bonds is 8. The maximum atomic E-state index is 12.1. The van der Waals surface area contributed by atoms with Gasteiger partial charge in [0.05, 0.1) is 6.42 Å². The van der Waals surface area contributed by atoms with Crippen LogP contribution in [0.3, 0.4) is 0 Å². The highest BCUT2D eigenvalue weighted by atomic mass is 32.2. The van der Waals surface area contributed by atoms with E-state index in [0.29, 0.717) is 24.5 Å². The quantitative estimate of drug-likeness (QED) is 0.439. The van der Waals surface area contributed by atoms with Crippen molar-refractivity contribution >= 4 is 23.7 Å². The molecule has 0 spiro atoms. The number of aromatic nitrogens is 2. The monoisotopic (exact) mass is 411 g/mol. The van der Waals surface area contributed by atoms with Crippen LogP contribution in [0.25, 0.3) is 0 Å². The Kier molecular flexibility index (Phi) is 6.00. The molecule has 2 heterocycles. The minimum atomic E-state index is -0.132. The highest BCUT2D eigenvalue weighted by Gasteiger charge is 2.15. The summed E-state index contributed by atoms with van der Waals surface area (Å²) in [6.45, 7) is 2.30. The number of benzene rings is 2. The first kappa shape index (κ1) is 19.3. The van der Waals surface area contributed by atoms with Crippen LogP contribution in [-0.4, -0.2) is 28.7 Å². The second-order valence-corrected chi connectivity index (χ2v) is 7.85. The first-order chi connectivity index (χ1) is 14.2. The number of thioether (sulfide) groups is 1. The lowest BCUT2D eigenvalue weighted by atomic mass is 10.1. The zero-order valence-corrected chi connectivity index (χ0v) is 16.8. The largest absolute Gasteiger partial charge is 0.454 e. The van der Waals surface area contributed by atoms with Gasteiger partial charge in [-0.25, -0.2) is 0 Å². The minimum Gasteiger partial charge on any atom is -0.454 e. The molecular formula is C21H21N3O4S. The van der Waals surface area contributed by atoms with E-state index in [4.69, 9.17) is 13.9 Å². The number of aryl methyl sites for hydroxylation is 1. The fraction of sp³-hybridized carbons (Fsp3) is 0.286. The molecule has 0 unspecified atom stereocenters. The van der Waals surface area contributed by atoms with E-state index in [9.17, 15) is 4.79 Å². The Labute approximate surface area is 172 Å². The van der Waals surface area contributed by atoms with Gasteiger partial charge in [0.1, 0.15) is 0 Å². The van der Waals surface area contributed by atoms with Crippen molar-refractivity contribution in [2.75, 3.05) is 17.9 Å². The Bertz CT molecular complexity index is 988. The van der Waals surface area contributed by atoms with Gasteiger partial charge in [0.25, 0.3) is 0 Å². The van der Waals surface area contributed by atoms with Gasteiger partial charge in [-0.2, -0.15) is 0 Å². The van der Waals surface area contributed by atoms with Crippen LogP contribution in [0.2, 0.25) is 0 Å². The molecule has 3 aromatic rings. The smallest absolute Gasteiger partial charge is 0.322 e. The maximum Gasteiger partial charge on any atom is 0.322 e. The molecule has 1 N–H and O–H groups in total. The standard InChI is InChI=1S/C21H21N3O4S/c1-14-4-7-16(8-5-14)29-10-2-3-19(25)22-21-24-23-20(28-21)12-15-6-9-17-18(11-15)27-13-26-17/h4-9,11H,2-3,10,12-13H2,1H3,(H,22,24,25). The van der Waals surface area contributed by atoms with Gasteiger partial charge in [-0.1, -0.05) is 28.9 Å². The molecule has 7 nitrogen and oxygen atoms in total. The van der Waals surface area contributed by atoms with E-state index in [1.165, 1.54) is 10.5 Å². The molecule has 0 saturated heterocycles. The average molecular weight is 411 g/mol. The number of nitrogens with zero attached hydrogens (tertiary/aromatic N) is 2. The molecule has 1 aromatic heterocycles. The number of ether oxygens (including phenoxy) is 2. The Morgan fingerprint density at radius 3 is 2.79 bits per heavy atom. The molecule has 1 aliphatic heterocycles. The first-order valence-electron chi connectivity index (χ1n) is 9.36. The Morgan fingerprint density at radius 1 is 1.10 bits per heavy atom. The van der Waals surface area contributed by atoms with E-state index >= 15 is 0 Å². The number of nitrogens with one attached hydrogen (secondary N) is 1. The van der Waals surface area contributed by atoms with Gasteiger partial charge in [0, 0.05) is 11.3 Å². The van der Waals surface area contributed by atoms with Crippen LogP contribution in [0.4, 0.5) is 6.01 Å². The molecule has 4 rings (SSSR count). The van der Waals surface area contributed by atoms with Crippen LogP contribution in [0.5, 0.6) is 11.5 Å². The van der Waals surface area contributed by atoms with Crippen LogP contribution in [0.1, 0.15) is 29.9 Å². The molecule has 0 radical (unpaired) electrons. The normalized spacial score (nSPS) is 12.2. The van der Waals surface area contributed by atoms with Crippen molar-refractivity contribution < 1.29 is 18.7 Å². The van der Waals surface area contributed by atoms with Gasteiger partial charge in [0.15, 0.2) is 11.5 Å². The zero-order chi connectivity index (χ0) is 20.1. The number of carbonyl (C=O) groups is 1. The summed E-state index contributed by atoms with van der Waals surface area (Å²) < 4.78 is 16.2. The van der Waals surface area contributed by atoms with Gasteiger partial charge >= 0.3 is 6.01 Å². The topological polar surface area (TPSA) is 86.5 Å². The fourth-order valence-electron chi connectivity index (χ4n) is 2.84. The van der Waals surface area contributed by atoms with E-state index in [1.54, 1.807) is 11.8 Å². The number of hydrogen-bond donors (Lipinski definition) is 1. The zero-order valence-electron chi connectivity index (χ0n) is 16.0. The molecule has 8 heteroatoms. The van der Waals surface area contributed by atoms with Gasteiger partial charge in [0.2, 0.25) is 18.6 Å². The second-order valence-electron chi connectivity index (χ2n) is 6.68. The lowest BCUT2D eigenvalue weighted by Gasteiger charge is -2.03. The lowest BCUT2D eigenvalue weighted by Crippen LogP contribution is -2.11. The van der Waals surface area contributed by atoms with Crippen LogP contribution < -0.4 is 14.8 Å². The van der Waals surface area contributed by atoms with E-state index in [2.05, 4.69) is 46.7 Å². The van der Waals surface area contributed by atoms with Gasteiger partial charge in [-0.05, 0) is 48.9 Å². The van der Waals surface area contributed by atoms with E-state index in [0.717, 1.165) is 23.5 Å². The summed E-state index contributed by atoms with van der Waals surface area (Å²) in [6.07, 6.45) is 1.62. The van der Waals surface area contributed by atoms with Crippen LogP contribution in [0, 0.1) is 6.92 Å². The molecule has 1 aliphatic rings. The van der Waals surface area contributed by atoms with Crippen LogP contribution in [0.15, 0.2) is 51.8 Å². The van der Waals surface area contributed by atoms with Gasteiger partial charge in [-0.3, -0.25) is 10.1 Å². The Hall–Kier alpha value is -3.00. The molecule has 0 aliphatic carbocycles.